The van der Waals surface area contributed by atoms with Gasteiger partial charge in [-0.2, -0.15) is 0 Å². The van der Waals surface area contributed by atoms with Crippen molar-refractivity contribution in [2.24, 2.45) is 0 Å². The minimum Gasteiger partial charge on any atom is -0.396 e. The van der Waals surface area contributed by atoms with E-state index >= 15 is 0 Å². The van der Waals surface area contributed by atoms with Crippen LogP contribution in [-0.4, -0.2) is 23.7 Å². The summed E-state index contributed by atoms with van der Waals surface area (Å²) in [6.45, 7) is 2.00. The molecule has 0 radical (unpaired) electrons. The average molecular weight is 213 g/mol. The Morgan fingerprint density at radius 3 is 3.07 bits per heavy atom. The number of thiophene rings is 1. The quantitative estimate of drug-likeness (QED) is 0.771. The molecule has 4 heteroatoms. The first-order valence-corrected chi connectivity index (χ1v) is 5.53. The summed E-state index contributed by atoms with van der Waals surface area (Å²) in [5.74, 6) is 0.0217. The Morgan fingerprint density at radius 2 is 2.50 bits per heavy atom. The molecule has 1 atom stereocenters. The zero-order valence-corrected chi connectivity index (χ0v) is 9.01. The van der Waals surface area contributed by atoms with Crippen molar-refractivity contribution in [3.63, 3.8) is 0 Å². The van der Waals surface area contributed by atoms with Crippen LogP contribution in [0.4, 0.5) is 0 Å². The molecule has 1 aromatic rings. The Bertz CT molecular complexity index is 272. The van der Waals surface area contributed by atoms with Crippen molar-refractivity contribution in [3.8, 4) is 0 Å². The van der Waals surface area contributed by atoms with Crippen LogP contribution in [0.2, 0.25) is 0 Å². The third-order valence-electron chi connectivity index (χ3n) is 1.88. The smallest absolute Gasteiger partial charge is 0.225 e. The molecule has 0 spiro atoms. The highest BCUT2D eigenvalue weighted by Gasteiger charge is 2.07. The van der Waals surface area contributed by atoms with Gasteiger partial charge in [-0.05, 0) is 24.8 Å². The summed E-state index contributed by atoms with van der Waals surface area (Å²) in [4.78, 5) is 12.5. The number of nitrogens with one attached hydrogen (secondary N) is 1. The number of carbonyl (C=O) groups is 1. The van der Waals surface area contributed by atoms with Gasteiger partial charge in [-0.25, -0.2) is 0 Å². The topological polar surface area (TPSA) is 49.3 Å². The Morgan fingerprint density at radius 1 is 1.71 bits per heavy atom. The van der Waals surface area contributed by atoms with Crippen LogP contribution in [0.3, 0.4) is 0 Å². The molecule has 0 aliphatic carbocycles. The second kappa shape index (κ2) is 5.78. The SMILES string of the molecule is CC(CCO)NC(=O)Cc1cccs1. The van der Waals surface area contributed by atoms with Gasteiger partial charge in [-0.15, -0.1) is 11.3 Å². The molecular weight excluding hydrogens is 198 g/mol. The maximum Gasteiger partial charge on any atom is 0.225 e. The fraction of sp³-hybridized carbons (Fsp3) is 0.500. The van der Waals surface area contributed by atoms with Crippen LogP contribution in [0.25, 0.3) is 0 Å². The summed E-state index contributed by atoms with van der Waals surface area (Å²) in [6, 6.07) is 3.93. The fourth-order valence-electron chi connectivity index (χ4n) is 1.16. The zero-order valence-electron chi connectivity index (χ0n) is 8.19. The number of rotatable bonds is 5. The van der Waals surface area contributed by atoms with Crippen molar-refractivity contribution in [3.05, 3.63) is 22.4 Å². The molecule has 2 N–H and O–H groups in total. The van der Waals surface area contributed by atoms with Crippen LogP contribution < -0.4 is 5.32 Å². The van der Waals surface area contributed by atoms with E-state index in [2.05, 4.69) is 5.32 Å². The van der Waals surface area contributed by atoms with Crippen molar-refractivity contribution in [1.29, 1.82) is 0 Å². The summed E-state index contributed by atoms with van der Waals surface area (Å²) in [5, 5.41) is 13.4. The Balaban J connectivity index is 2.29. The van der Waals surface area contributed by atoms with Crippen LogP contribution in [0.15, 0.2) is 17.5 Å². The monoisotopic (exact) mass is 213 g/mol. The third kappa shape index (κ3) is 3.89. The van der Waals surface area contributed by atoms with Crippen molar-refractivity contribution in [2.45, 2.75) is 25.8 Å². The molecule has 0 bridgehead atoms. The molecule has 14 heavy (non-hydrogen) atoms. The second-order valence-corrected chi connectivity index (χ2v) is 4.27. The van der Waals surface area contributed by atoms with Gasteiger partial charge in [0.1, 0.15) is 0 Å². The maximum absolute atomic E-state index is 11.4. The summed E-state index contributed by atoms with van der Waals surface area (Å²) in [5.41, 5.74) is 0. The highest BCUT2D eigenvalue weighted by atomic mass is 32.1. The van der Waals surface area contributed by atoms with Gasteiger partial charge in [0.15, 0.2) is 0 Å². The molecule has 1 amide bonds. The molecule has 3 nitrogen and oxygen atoms in total. The van der Waals surface area contributed by atoms with Gasteiger partial charge < -0.3 is 10.4 Å². The fourth-order valence-corrected chi connectivity index (χ4v) is 1.87. The second-order valence-electron chi connectivity index (χ2n) is 3.24. The molecule has 0 aliphatic heterocycles. The van der Waals surface area contributed by atoms with Gasteiger partial charge in [-0.1, -0.05) is 6.07 Å². The predicted molar refractivity (Wildman–Crippen MR) is 57.3 cm³/mol. The van der Waals surface area contributed by atoms with Crippen LogP contribution in [0.5, 0.6) is 0 Å². The number of hydrogen-bond acceptors (Lipinski definition) is 3. The van der Waals surface area contributed by atoms with Crippen LogP contribution in [0, 0.1) is 0 Å². The molecule has 1 heterocycles. The lowest BCUT2D eigenvalue weighted by atomic mass is 10.2. The minimum absolute atomic E-state index is 0.0217. The Hall–Kier alpha value is -0.870. The highest BCUT2D eigenvalue weighted by Crippen LogP contribution is 2.08. The Labute approximate surface area is 87.8 Å². The predicted octanol–water partition coefficient (Wildman–Crippen LogP) is 1.18. The molecule has 0 saturated carbocycles. The number of aliphatic hydroxyl groups is 1. The lowest BCUT2D eigenvalue weighted by Gasteiger charge is -2.11. The van der Waals surface area contributed by atoms with Crippen molar-refractivity contribution in [2.75, 3.05) is 6.61 Å². The summed E-state index contributed by atoms with van der Waals surface area (Å²) < 4.78 is 0. The third-order valence-corrected chi connectivity index (χ3v) is 2.76. The molecule has 1 unspecified atom stereocenters. The van der Waals surface area contributed by atoms with Crippen molar-refractivity contribution in [1.82, 2.24) is 5.32 Å². The largest absolute Gasteiger partial charge is 0.396 e. The van der Waals surface area contributed by atoms with Gasteiger partial charge in [0.05, 0.1) is 6.42 Å². The minimum atomic E-state index is 0.0217. The average Bonchev–Trinajstić information content (AvgIpc) is 2.56. The van der Waals surface area contributed by atoms with E-state index in [-0.39, 0.29) is 18.6 Å². The van der Waals surface area contributed by atoms with Gasteiger partial charge in [0, 0.05) is 17.5 Å². The van der Waals surface area contributed by atoms with E-state index in [1.54, 1.807) is 11.3 Å². The molecule has 1 rings (SSSR count). The normalized spacial score (nSPS) is 12.4. The molecule has 0 fully saturated rings. The van der Waals surface area contributed by atoms with E-state index in [1.165, 1.54) is 0 Å². The number of amides is 1. The van der Waals surface area contributed by atoms with E-state index < -0.39 is 0 Å². The molecule has 0 aromatic carbocycles. The van der Waals surface area contributed by atoms with Crippen molar-refractivity contribution < 1.29 is 9.90 Å². The molecule has 78 valence electrons. The first kappa shape index (κ1) is 11.2. The zero-order chi connectivity index (χ0) is 10.4. The van der Waals surface area contributed by atoms with E-state index in [4.69, 9.17) is 5.11 Å². The highest BCUT2D eigenvalue weighted by molar-refractivity contribution is 7.10. The van der Waals surface area contributed by atoms with E-state index in [1.807, 2.05) is 24.4 Å². The number of aliphatic hydroxyl groups excluding tert-OH is 1. The maximum atomic E-state index is 11.4. The van der Waals surface area contributed by atoms with E-state index in [9.17, 15) is 4.79 Å². The molecule has 0 saturated heterocycles. The van der Waals surface area contributed by atoms with Gasteiger partial charge in [0.25, 0.3) is 0 Å². The molecule has 0 aliphatic rings. The first-order chi connectivity index (χ1) is 6.72. The first-order valence-electron chi connectivity index (χ1n) is 4.65. The standard InChI is InChI=1S/C10H15NO2S/c1-8(4-5-12)11-10(13)7-9-3-2-6-14-9/h2-3,6,8,12H,4-5,7H2,1H3,(H,11,13). The van der Waals surface area contributed by atoms with Crippen molar-refractivity contribution >= 4 is 17.2 Å². The lowest BCUT2D eigenvalue weighted by Crippen LogP contribution is -2.34. The number of carbonyl (C=O) groups excluding carboxylic acids is 1. The summed E-state index contributed by atoms with van der Waals surface area (Å²) >= 11 is 1.58. The molecular formula is C10H15NO2S. The van der Waals surface area contributed by atoms with Gasteiger partial charge >= 0.3 is 0 Å². The Kier molecular flexibility index (Phi) is 4.62. The lowest BCUT2D eigenvalue weighted by molar-refractivity contribution is -0.121. The van der Waals surface area contributed by atoms with Gasteiger partial charge in [0.2, 0.25) is 5.91 Å². The summed E-state index contributed by atoms with van der Waals surface area (Å²) in [7, 11) is 0. The number of hydrogen-bond donors (Lipinski definition) is 2. The van der Waals surface area contributed by atoms with Gasteiger partial charge in [-0.3, -0.25) is 4.79 Å². The van der Waals surface area contributed by atoms with E-state index in [0.717, 1.165) is 4.88 Å². The van der Waals surface area contributed by atoms with E-state index in [0.29, 0.717) is 12.8 Å². The van der Waals surface area contributed by atoms with Crippen LogP contribution >= 0.6 is 11.3 Å². The van der Waals surface area contributed by atoms with Crippen LogP contribution in [-0.2, 0) is 11.2 Å². The molecule has 1 aromatic heterocycles. The van der Waals surface area contributed by atoms with Crippen LogP contribution in [0.1, 0.15) is 18.2 Å². The summed E-state index contributed by atoms with van der Waals surface area (Å²) in [6.07, 6.45) is 1.05.